The van der Waals surface area contributed by atoms with E-state index in [2.05, 4.69) is 10.00 Å². The minimum absolute atomic E-state index is 0.168. The number of piperidine rings is 1. The normalized spacial score (nSPS) is 28.8. The van der Waals surface area contributed by atoms with Crippen LogP contribution in [0.15, 0.2) is 12.4 Å². The van der Waals surface area contributed by atoms with Crippen molar-refractivity contribution in [1.29, 1.82) is 0 Å². The molecular formula is C19H31N5O3S. The maximum atomic E-state index is 13.4. The van der Waals surface area contributed by atoms with Gasteiger partial charge in [-0.25, -0.2) is 12.7 Å². The van der Waals surface area contributed by atoms with Crippen molar-refractivity contribution >= 4 is 15.9 Å². The first-order valence-corrected chi connectivity index (χ1v) is 12.0. The fourth-order valence-electron chi connectivity index (χ4n) is 5.61. The molecular weight excluding hydrogens is 378 g/mol. The van der Waals surface area contributed by atoms with Crippen LogP contribution in [0.3, 0.4) is 0 Å². The molecule has 2 spiro atoms. The second-order valence-corrected chi connectivity index (χ2v) is 10.8. The van der Waals surface area contributed by atoms with Crippen molar-refractivity contribution in [3.05, 3.63) is 18.0 Å². The van der Waals surface area contributed by atoms with Crippen molar-refractivity contribution in [2.45, 2.75) is 32.7 Å². The van der Waals surface area contributed by atoms with Crippen molar-refractivity contribution < 1.29 is 13.2 Å². The van der Waals surface area contributed by atoms with Gasteiger partial charge in [-0.05, 0) is 39.3 Å². The van der Waals surface area contributed by atoms with Crippen molar-refractivity contribution in [3.63, 3.8) is 0 Å². The van der Waals surface area contributed by atoms with Gasteiger partial charge in [0.25, 0.3) is 0 Å². The number of carbonyl (C=O) groups is 1. The topological polar surface area (TPSA) is 78.8 Å². The van der Waals surface area contributed by atoms with Crippen molar-refractivity contribution in [2.75, 3.05) is 45.5 Å². The van der Waals surface area contributed by atoms with Crippen LogP contribution in [0.2, 0.25) is 0 Å². The average molecular weight is 410 g/mol. The molecule has 4 rings (SSSR count). The van der Waals surface area contributed by atoms with Gasteiger partial charge in [-0.1, -0.05) is 0 Å². The molecule has 1 unspecified atom stereocenters. The van der Waals surface area contributed by atoms with E-state index in [1.165, 1.54) is 11.8 Å². The molecule has 28 heavy (non-hydrogen) atoms. The number of hydrogen-bond donors (Lipinski definition) is 0. The first-order chi connectivity index (χ1) is 13.2. The number of sulfonamides is 1. The predicted molar refractivity (Wildman–Crippen MR) is 106 cm³/mol. The molecule has 156 valence electrons. The van der Waals surface area contributed by atoms with Crippen LogP contribution < -0.4 is 0 Å². The van der Waals surface area contributed by atoms with Crippen LogP contribution in [0.25, 0.3) is 0 Å². The van der Waals surface area contributed by atoms with Crippen LogP contribution in [0, 0.1) is 10.8 Å². The van der Waals surface area contributed by atoms with Gasteiger partial charge in [-0.2, -0.15) is 5.10 Å². The van der Waals surface area contributed by atoms with Crippen molar-refractivity contribution in [1.82, 2.24) is 23.9 Å². The van der Waals surface area contributed by atoms with Gasteiger partial charge in [0, 0.05) is 56.9 Å². The van der Waals surface area contributed by atoms with E-state index >= 15 is 0 Å². The van der Waals surface area contributed by atoms with Gasteiger partial charge in [-0.15, -0.1) is 0 Å². The summed E-state index contributed by atoms with van der Waals surface area (Å²) in [5.74, 6) is 0.168. The monoisotopic (exact) mass is 409 g/mol. The molecule has 0 aliphatic carbocycles. The largest absolute Gasteiger partial charge is 0.342 e. The van der Waals surface area contributed by atoms with E-state index in [-0.39, 0.29) is 11.3 Å². The summed E-state index contributed by atoms with van der Waals surface area (Å²) in [6, 6.07) is 0. The third-order valence-electron chi connectivity index (χ3n) is 7.27. The van der Waals surface area contributed by atoms with Crippen LogP contribution in [0.5, 0.6) is 0 Å². The number of carbonyl (C=O) groups excluding carboxylic acids is 1. The zero-order chi connectivity index (χ0) is 20.2. The molecule has 1 aromatic rings. The van der Waals surface area contributed by atoms with Crippen LogP contribution in [0.1, 0.15) is 31.7 Å². The van der Waals surface area contributed by atoms with Gasteiger partial charge in [0.15, 0.2) is 0 Å². The van der Waals surface area contributed by atoms with Crippen molar-refractivity contribution in [2.24, 2.45) is 17.9 Å². The maximum absolute atomic E-state index is 13.4. The Kier molecular flexibility index (Phi) is 4.83. The Hall–Kier alpha value is -1.45. The number of amides is 1. The molecule has 1 atom stereocenters. The lowest BCUT2D eigenvalue weighted by molar-refractivity contribution is -0.142. The van der Waals surface area contributed by atoms with Crippen molar-refractivity contribution in [3.8, 4) is 0 Å². The predicted octanol–water partition coefficient (Wildman–Crippen LogP) is 0.516. The van der Waals surface area contributed by atoms with E-state index in [0.717, 1.165) is 45.4 Å². The van der Waals surface area contributed by atoms with E-state index in [1.807, 2.05) is 35.9 Å². The summed E-state index contributed by atoms with van der Waals surface area (Å²) < 4.78 is 28.1. The van der Waals surface area contributed by atoms with Crippen LogP contribution in [-0.4, -0.2) is 83.7 Å². The number of nitrogens with zero attached hydrogens (tertiary/aromatic N) is 5. The lowest BCUT2D eigenvalue weighted by atomic mass is 9.60. The SMILES string of the molecule is CCN1CCC2(CN(S(C)(=O)=O)CC23CCN(Cc2cnn(C)c2)CC3)C1=O. The van der Waals surface area contributed by atoms with E-state index in [4.69, 9.17) is 0 Å². The molecule has 1 amide bonds. The third-order valence-corrected chi connectivity index (χ3v) is 8.47. The zero-order valence-corrected chi connectivity index (χ0v) is 17.9. The fourth-order valence-corrected chi connectivity index (χ4v) is 6.55. The molecule has 3 aliphatic heterocycles. The van der Waals surface area contributed by atoms with Crippen LogP contribution >= 0.6 is 0 Å². The van der Waals surface area contributed by atoms with Gasteiger partial charge < -0.3 is 4.90 Å². The highest BCUT2D eigenvalue weighted by Gasteiger charge is 2.66. The maximum Gasteiger partial charge on any atom is 0.230 e. The molecule has 0 radical (unpaired) electrons. The number of likely N-dealkylation sites (tertiary alicyclic amines) is 2. The van der Waals surface area contributed by atoms with Gasteiger partial charge in [-0.3, -0.25) is 14.4 Å². The minimum Gasteiger partial charge on any atom is -0.342 e. The molecule has 4 heterocycles. The molecule has 0 aromatic carbocycles. The molecule has 1 aromatic heterocycles. The summed E-state index contributed by atoms with van der Waals surface area (Å²) >= 11 is 0. The lowest BCUT2D eigenvalue weighted by Gasteiger charge is -2.47. The Labute approximate surface area is 167 Å². The van der Waals surface area contributed by atoms with Gasteiger partial charge in [0.05, 0.1) is 17.9 Å². The number of hydrogen-bond acceptors (Lipinski definition) is 5. The second kappa shape index (κ2) is 6.81. The van der Waals surface area contributed by atoms with E-state index < -0.39 is 15.4 Å². The minimum atomic E-state index is -3.31. The average Bonchev–Trinajstić information content (AvgIpc) is 3.29. The number of rotatable bonds is 4. The summed E-state index contributed by atoms with van der Waals surface area (Å²) in [6.45, 7) is 6.89. The van der Waals surface area contributed by atoms with E-state index in [0.29, 0.717) is 19.6 Å². The number of fused-ring (bicyclic) bond motifs is 1. The molecule has 0 bridgehead atoms. The van der Waals surface area contributed by atoms with Crippen LogP contribution in [-0.2, 0) is 28.4 Å². The lowest BCUT2D eigenvalue weighted by Crippen LogP contribution is -2.52. The second-order valence-electron chi connectivity index (χ2n) is 8.83. The Morgan fingerprint density at radius 3 is 2.39 bits per heavy atom. The molecule has 3 saturated heterocycles. The van der Waals surface area contributed by atoms with Gasteiger partial charge >= 0.3 is 0 Å². The summed E-state index contributed by atoms with van der Waals surface area (Å²) in [5, 5.41) is 4.24. The smallest absolute Gasteiger partial charge is 0.230 e. The molecule has 9 heteroatoms. The zero-order valence-electron chi connectivity index (χ0n) is 17.1. The molecule has 0 saturated carbocycles. The Bertz CT molecular complexity index is 859. The molecule has 0 N–H and O–H groups in total. The summed E-state index contributed by atoms with van der Waals surface area (Å²) in [4.78, 5) is 17.7. The number of aromatic nitrogens is 2. The standard InChI is InChI=1S/C19H31N5O3S/c1-4-23-10-7-19(17(23)25)15-24(28(3,26)27)14-18(19)5-8-22(9-6-18)13-16-11-20-21(2)12-16/h11-12H,4-10,13-15H2,1-3H3. The Morgan fingerprint density at radius 1 is 1.14 bits per heavy atom. The Morgan fingerprint density at radius 2 is 1.86 bits per heavy atom. The van der Waals surface area contributed by atoms with Gasteiger partial charge in [0.1, 0.15) is 0 Å². The fraction of sp³-hybridized carbons (Fsp3) is 0.789. The molecule has 3 fully saturated rings. The molecule has 8 nitrogen and oxygen atoms in total. The van der Waals surface area contributed by atoms with E-state index in [9.17, 15) is 13.2 Å². The Balaban J connectivity index is 1.57. The highest BCUT2D eigenvalue weighted by Crippen LogP contribution is 2.58. The summed E-state index contributed by atoms with van der Waals surface area (Å²) in [6.07, 6.45) is 7.70. The number of aryl methyl sites for hydroxylation is 1. The van der Waals surface area contributed by atoms with E-state index in [1.54, 1.807) is 4.31 Å². The molecule has 3 aliphatic rings. The summed E-state index contributed by atoms with van der Waals surface area (Å²) in [5.41, 5.74) is 0.390. The first kappa shape index (κ1) is 19.8. The van der Waals surface area contributed by atoms with Gasteiger partial charge in [0.2, 0.25) is 15.9 Å². The van der Waals surface area contributed by atoms with Crippen LogP contribution in [0.4, 0.5) is 0 Å². The third kappa shape index (κ3) is 3.07. The quantitative estimate of drug-likeness (QED) is 0.724. The highest BCUT2D eigenvalue weighted by molar-refractivity contribution is 7.88. The first-order valence-electron chi connectivity index (χ1n) is 10.1. The highest BCUT2D eigenvalue weighted by atomic mass is 32.2. The summed E-state index contributed by atoms with van der Waals surface area (Å²) in [7, 11) is -1.39.